The standard InChI is InChI=1S/C17H13BrN4O3/c18-11-3-6-14-13(7-11)16(21-9-20-14)22-12-4-1-10(2-5-12)17(25)19-8-15(23)24/h1-7,9H,8H2,(H,19,25)(H,23,24)(H,20,21,22). The zero-order valence-electron chi connectivity index (χ0n) is 12.9. The van der Waals surface area contributed by atoms with E-state index in [1.54, 1.807) is 24.3 Å². The largest absolute Gasteiger partial charge is 0.480 e. The molecule has 2 aromatic carbocycles. The van der Waals surface area contributed by atoms with Gasteiger partial charge < -0.3 is 15.7 Å². The molecule has 1 amide bonds. The van der Waals surface area contributed by atoms with Crippen LogP contribution in [0.5, 0.6) is 0 Å². The fraction of sp³-hybridized carbons (Fsp3) is 0.0588. The molecule has 0 aliphatic heterocycles. The van der Waals surface area contributed by atoms with Crippen LogP contribution in [0.3, 0.4) is 0 Å². The lowest BCUT2D eigenvalue weighted by Crippen LogP contribution is -2.29. The number of fused-ring (bicyclic) bond motifs is 1. The topological polar surface area (TPSA) is 104 Å². The quantitative estimate of drug-likeness (QED) is 0.607. The summed E-state index contributed by atoms with van der Waals surface area (Å²) >= 11 is 3.43. The molecule has 126 valence electrons. The number of nitrogens with one attached hydrogen (secondary N) is 2. The normalized spacial score (nSPS) is 10.4. The lowest BCUT2D eigenvalue weighted by molar-refractivity contribution is -0.135. The Kier molecular flexibility index (Phi) is 4.90. The molecule has 0 saturated carbocycles. The van der Waals surface area contributed by atoms with Gasteiger partial charge in [-0.2, -0.15) is 0 Å². The number of aromatic nitrogens is 2. The van der Waals surface area contributed by atoms with Crippen molar-refractivity contribution in [3.8, 4) is 0 Å². The summed E-state index contributed by atoms with van der Waals surface area (Å²) in [4.78, 5) is 30.8. The average Bonchev–Trinajstić information content (AvgIpc) is 2.61. The molecule has 0 atom stereocenters. The number of amides is 1. The molecule has 0 fully saturated rings. The lowest BCUT2D eigenvalue weighted by Gasteiger charge is -2.09. The van der Waals surface area contributed by atoms with E-state index in [4.69, 9.17) is 5.11 Å². The Balaban J connectivity index is 1.79. The number of carboxylic acid groups (broad SMARTS) is 1. The molecule has 3 N–H and O–H groups in total. The van der Waals surface area contributed by atoms with E-state index in [1.807, 2.05) is 18.2 Å². The Labute approximate surface area is 151 Å². The van der Waals surface area contributed by atoms with Gasteiger partial charge in [0.1, 0.15) is 18.7 Å². The van der Waals surface area contributed by atoms with Crippen molar-refractivity contribution in [2.45, 2.75) is 0 Å². The van der Waals surface area contributed by atoms with E-state index in [2.05, 4.69) is 36.5 Å². The molecule has 0 aliphatic carbocycles. The minimum atomic E-state index is -1.09. The van der Waals surface area contributed by atoms with Gasteiger partial charge in [0.05, 0.1) is 5.52 Å². The summed E-state index contributed by atoms with van der Waals surface area (Å²) < 4.78 is 0.920. The van der Waals surface area contributed by atoms with Crippen molar-refractivity contribution >= 4 is 50.2 Å². The summed E-state index contributed by atoms with van der Waals surface area (Å²) in [6, 6.07) is 12.4. The van der Waals surface area contributed by atoms with E-state index in [0.717, 1.165) is 21.1 Å². The maximum atomic E-state index is 11.8. The van der Waals surface area contributed by atoms with Gasteiger partial charge in [-0.05, 0) is 42.5 Å². The molecule has 1 heterocycles. The molecule has 3 rings (SSSR count). The first-order valence-corrected chi connectivity index (χ1v) is 8.09. The number of aliphatic carboxylic acids is 1. The third-order valence-electron chi connectivity index (χ3n) is 3.41. The first-order valence-electron chi connectivity index (χ1n) is 7.30. The second-order valence-electron chi connectivity index (χ2n) is 5.16. The Hall–Kier alpha value is -3.00. The van der Waals surface area contributed by atoms with E-state index < -0.39 is 18.4 Å². The zero-order valence-corrected chi connectivity index (χ0v) is 14.4. The molecule has 0 radical (unpaired) electrons. The Morgan fingerprint density at radius 3 is 2.56 bits per heavy atom. The van der Waals surface area contributed by atoms with Gasteiger partial charge in [-0.15, -0.1) is 0 Å². The minimum Gasteiger partial charge on any atom is -0.480 e. The van der Waals surface area contributed by atoms with Gasteiger partial charge in [0.2, 0.25) is 0 Å². The molecular weight excluding hydrogens is 388 g/mol. The molecule has 0 aliphatic rings. The molecular formula is C17H13BrN4O3. The summed E-state index contributed by atoms with van der Waals surface area (Å²) in [5, 5.41) is 15.0. The van der Waals surface area contributed by atoms with Gasteiger partial charge in [-0.1, -0.05) is 15.9 Å². The van der Waals surface area contributed by atoms with Crippen LogP contribution in [0.1, 0.15) is 10.4 Å². The van der Waals surface area contributed by atoms with E-state index in [1.165, 1.54) is 6.33 Å². The molecule has 7 nitrogen and oxygen atoms in total. The van der Waals surface area contributed by atoms with Crippen LogP contribution in [-0.2, 0) is 4.79 Å². The Bertz CT molecular complexity index is 944. The van der Waals surface area contributed by atoms with Crippen molar-refractivity contribution < 1.29 is 14.7 Å². The van der Waals surface area contributed by atoms with Crippen LogP contribution in [0.15, 0.2) is 53.3 Å². The predicted molar refractivity (Wildman–Crippen MR) is 96.9 cm³/mol. The third kappa shape index (κ3) is 4.10. The van der Waals surface area contributed by atoms with Crippen molar-refractivity contribution in [3.63, 3.8) is 0 Å². The number of benzene rings is 2. The van der Waals surface area contributed by atoms with Crippen LogP contribution in [-0.4, -0.2) is 33.5 Å². The fourth-order valence-electron chi connectivity index (χ4n) is 2.23. The van der Waals surface area contributed by atoms with Crippen LogP contribution in [0, 0.1) is 0 Å². The van der Waals surface area contributed by atoms with Gasteiger partial charge in [0.15, 0.2) is 0 Å². The van der Waals surface area contributed by atoms with Crippen molar-refractivity contribution in [3.05, 3.63) is 58.8 Å². The van der Waals surface area contributed by atoms with E-state index in [-0.39, 0.29) is 0 Å². The predicted octanol–water partition coefficient (Wildman–Crippen LogP) is 2.95. The van der Waals surface area contributed by atoms with Gasteiger partial charge >= 0.3 is 5.97 Å². The lowest BCUT2D eigenvalue weighted by atomic mass is 10.2. The number of halogens is 1. The van der Waals surface area contributed by atoms with Gasteiger partial charge in [0.25, 0.3) is 5.91 Å². The van der Waals surface area contributed by atoms with Crippen LogP contribution in [0.25, 0.3) is 10.9 Å². The van der Waals surface area contributed by atoms with Gasteiger partial charge in [-0.25, -0.2) is 9.97 Å². The highest BCUT2D eigenvalue weighted by Crippen LogP contribution is 2.25. The maximum absolute atomic E-state index is 11.8. The average molecular weight is 401 g/mol. The monoisotopic (exact) mass is 400 g/mol. The van der Waals surface area contributed by atoms with E-state index in [9.17, 15) is 9.59 Å². The second-order valence-corrected chi connectivity index (χ2v) is 6.08. The number of nitrogens with zero attached hydrogens (tertiary/aromatic N) is 2. The summed E-state index contributed by atoms with van der Waals surface area (Å²) in [5.41, 5.74) is 1.93. The number of carboxylic acids is 1. The highest BCUT2D eigenvalue weighted by molar-refractivity contribution is 9.10. The second kappa shape index (κ2) is 7.27. The molecule has 0 unspecified atom stereocenters. The first kappa shape index (κ1) is 16.8. The van der Waals surface area contributed by atoms with Crippen LogP contribution in [0.2, 0.25) is 0 Å². The number of carbonyl (C=O) groups excluding carboxylic acids is 1. The van der Waals surface area contributed by atoms with E-state index >= 15 is 0 Å². The zero-order chi connectivity index (χ0) is 17.8. The molecule has 25 heavy (non-hydrogen) atoms. The van der Waals surface area contributed by atoms with Crippen molar-refractivity contribution in [2.24, 2.45) is 0 Å². The van der Waals surface area contributed by atoms with Gasteiger partial charge in [-0.3, -0.25) is 9.59 Å². The summed E-state index contributed by atoms with van der Waals surface area (Å²) in [6.07, 6.45) is 1.48. The van der Waals surface area contributed by atoms with Crippen molar-refractivity contribution in [1.29, 1.82) is 0 Å². The van der Waals surface area contributed by atoms with Crippen LogP contribution in [0.4, 0.5) is 11.5 Å². The van der Waals surface area contributed by atoms with Crippen LogP contribution < -0.4 is 10.6 Å². The molecule has 1 aromatic heterocycles. The number of anilines is 2. The smallest absolute Gasteiger partial charge is 0.322 e. The summed E-state index contributed by atoms with van der Waals surface area (Å²) in [7, 11) is 0. The highest BCUT2D eigenvalue weighted by atomic mass is 79.9. The van der Waals surface area contributed by atoms with Crippen molar-refractivity contribution in [2.75, 3.05) is 11.9 Å². The number of hydrogen-bond acceptors (Lipinski definition) is 5. The summed E-state index contributed by atoms with van der Waals surface area (Å²) in [5.74, 6) is -0.881. The molecule has 0 saturated heterocycles. The molecule has 0 bridgehead atoms. The SMILES string of the molecule is O=C(O)CNC(=O)c1ccc(Nc2ncnc3ccc(Br)cc23)cc1. The van der Waals surface area contributed by atoms with Gasteiger partial charge in [0, 0.05) is 21.1 Å². The molecule has 8 heteroatoms. The molecule has 0 spiro atoms. The minimum absolute atomic E-state index is 0.377. The third-order valence-corrected chi connectivity index (χ3v) is 3.90. The van der Waals surface area contributed by atoms with Crippen molar-refractivity contribution in [1.82, 2.24) is 15.3 Å². The van der Waals surface area contributed by atoms with Crippen LogP contribution >= 0.6 is 15.9 Å². The summed E-state index contributed by atoms with van der Waals surface area (Å²) in [6.45, 7) is -0.416. The number of rotatable bonds is 5. The first-order chi connectivity index (χ1) is 12.0. The molecule has 3 aromatic rings. The fourth-order valence-corrected chi connectivity index (χ4v) is 2.59. The maximum Gasteiger partial charge on any atom is 0.322 e. The van der Waals surface area contributed by atoms with E-state index in [0.29, 0.717) is 11.4 Å². The Morgan fingerprint density at radius 2 is 1.84 bits per heavy atom. The number of hydrogen-bond donors (Lipinski definition) is 3. The highest BCUT2D eigenvalue weighted by Gasteiger charge is 2.08. The number of carbonyl (C=O) groups is 2. The Morgan fingerprint density at radius 1 is 1.08 bits per heavy atom.